The predicted octanol–water partition coefficient (Wildman–Crippen LogP) is 39.1. The molecule has 0 spiro atoms. The van der Waals surface area contributed by atoms with E-state index < -0.39 is 0 Å². The van der Waals surface area contributed by atoms with E-state index in [4.69, 9.17) is 0 Å². The van der Waals surface area contributed by atoms with Gasteiger partial charge >= 0.3 is 0 Å². The number of fused-ring (bicyclic) bond motifs is 30. The lowest BCUT2D eigenvalue weighted by molar-refractivity contribution is 1.18. The molecule has 0 saturated carbocycles. The third-order valence-electron chi connectivity index (χ3n) is 30.0. The van der Waals surface area contributed by atoms with Gasteiger partial charge in [-0.1, -0.05) is 346 Å². The molecule has 6 heteroatoms. The Labute approximate surface area is 837 Å². The molecule has 0 atom stereocenters. The smallest absolute Gasteiger partial charge is 0.0541 e. The first-order valence-corrected chi connectivity index (χ1v) is 51.1. The lowest BCUT2D eigenvalue weighted by atomic mass is 9.93. The van der Waals surface area contributed by atoms with Crippen molar-refractivity contribution in [2.45, 2.75) is 0 Å². The van der Waals surface area contributed by atoms with E-state index in [9.17, 15) is 0 Å². The second kappa shape index (κ2) is 33.8. The molecule has 0 N–H and O–H groups in total. The summed E-state index contributed by atoms with van der Waals surface area (Å²) in [6.07, 6.45) is 0. The number of rotatable bonds is 10. The first-order chi connectivity index (χ1) is 71.4. The normalized spacial score (nSPS) is 11.9. The molecule has 6 aromatic heterocycles. The van der Waals surface area contributed by atoms with Crippen LogP contribution in [0.4, 0.5) is 0 Å². The molecular formula is C138H86N4S2. The molecule has 0 radical (unpaired) electrons. The number of benzene rings is 25. The average Bonchev–Trinajstić information content (AvgIpc) is 1.27. The average molecular weight is 1860 g/mol. The predicted molar refractivity (Wildman–Crippen MR) is 620 cm³/mol. The van der Waals surface area contributed by atoms with Gasteiger partial charge in [0.2, 0.25) is 0 Å². The van der Waals surface area contributed by atoms with Gasteiger partial charge < -0.3 is 18.3 Å². The monoisotopic (exact) mass is 1860 g/mol. The highest BCUT2D eigenvalue weighted by atomic mass is 32.1. The molecule has 0 aliphatic rings. The topological polar surface area (TPSA) is 19.7 Å². The number of hydrogen-bond acceptors (Lipinski definition) is 2. The first-order valence-electron chi connectivity index (χ1n) is 49.5. The largest absolute Gasteiger partial charge is 0.309 e. The van der Waals surface area contributed by atoms with Crippen LogP contribution in [0.5, 0.6) is 0 Å². The summed E-state index contributed by atoms with van der Waals surface area (Å²) < 4.78 is 15.0. The SMILES string of the molecule is c1ccc(-c2cc(-c3ccccc3)cc(-c3ccc(-n4c5ccccc5c5cc(-c6ccc7sc8ccccc8c7c6)ccc54)cc3)c2)cc1.c1ccc(-n2c3ccccc3c3cc(-c4ccc5c(c4)c4ccccc4n5-c4ccc5c6ccccc6c6ccccc6c5c4)ccc32)cc1.c1ccc2c(c1)sc1ccc(-c3ccc4c(c3)c3ccccc3n4-c3ccc4c5ccccc5c5ccccc5c4c3)cc12. The zero-order valence-corrected chi connectivity index (χ0v) is 79.9. The molecule has 0 unspecified atom stereocenters. The van der Waals surface area contributed by atoms with Crippen molar-refractivity contribution in [1.82, 2.24) is 18.3 Å². The summed E-state index contributed by atoms with van der Waals surface area (Å²) in [6, 6.07) is 191. The van der Waals surface area contributed by atoms with Crippen LogP contribution in [0.1, 0.15) is 0 Å². The maximum Gasteiger partial charge on any atom is 0.0541 e. The highest BCUT2D eigenvalue weighted by Gasteiger charge is 2.24. The molecule has 0 aliphatic carbocycles. The molecule has 31 aromatic rings. The van der Waals surface area contributed by atoms with Crippen molar-refractivity contribution >= 4 is 215 Å². The van der Waals surface area contributed by atoms with Gasteiger partial charge in [-0.25, -0.2) is 0 Å². The minimum absolute atomic E-state index is 1.15. The van der Waals surface area contributed by atoms with Gasteiger partial charge in [0.05, 0.1) is 44.1 Å². The van der Waals surface area contributed by atoms with Gasteiger partial charge in [0, 0.05) is 106 Å². The Hall–Kier alpha value is -18.3. The Morgan fingerprint density at radius 1 is 0.0972 bits per heavy atom. The van der Waals surface area contributed by atoms with Crippen LogP contribution in [0.25, 0.3) is 282 Å². The molecule has 0 aliphatic heterocycles. The third kappa shape index (κ3) is 13.6. The van der Waals surface area contributed by atoms with Gasteiger partial charge in [-0.2, -0.15) is 0 Å². The van der Waals surface area contributed by atoms with Crippen LogP contribution in [0, 0.1) is 0 Å². The van der Waals surface area contributed by atoms with Crippen LogP contribution in [0.2, 0.25) is 0 Å². The molecule has 670 valence electrons. The molecule has 0 fully saturated rings. The Morgan fingerprint density at radius 2 is 0.306 bits per heavy atom. The molecule has 0 bridgehead atoms. The minimum atomic E-state index is 1.15. The van der Waals surface area contributed by atoms with Crippen molar-refractivity contribution in [3.63, 3.8) is 0 Å². The molecule has 25 aromatic carbocycles. The number of nitrogens with zero attached hydrogens (tertiary/aromatic N) is 4. The second-order valence-corrected chi connectivity index (χ2v) is 40.2. The number of thiophene rings is 2. The molecular weight excluding hydrogens is 1780 g/mol. The van der Waals surface area contributed by atoms with E-state index in [0.717, 1.165) is 5.69 Å². The molecule has 144 heavy (non-hydrogen) atoms. The van der Waals surface area contributed by atoms with E-state index >= 15 is 0 Å². The fourth-order valence-electron chi connectivity index (χ4n) is 23.4. The summed E-state index contributed by atoms with van der Waals surface area (Å²) in [5.74, 6) is 0. The van der Waals surface area contributed by atoms with Crippen molar-refractivity contribution < 1.29 is 0 Å². The van der Waals surface area contributed by atoms with E-state index in [1.54, 1.807) is 0 Å². The van der Waals surface area contributed by atoms with E-state index in [1.165, 1.54) is 276 Å². The van der Waals surface area contributed by atoms with Gasteiger partial charge in [-0.05, 0) is 307 Å². The Balaban J connectivity index is 0.000000103. The number of para-hydroxylation sites is 5. The van der Waals surface area contributed by atoms with Gasteiger partial charge in [0.25, 0.3) is 0 Å². The molecule has 6 heterocycles. The lowest BCUT2D eigenvalue weighted by Crippen LogP contribution is -1.94. The van der Waals surface area contributed by atoms with Gasteiger partial charge in [-0.15, -0.1) is 22.7 Å². The Morgan fingerprint density at radius 3 is 0.632 bits per heavy atom. The van der Waals surface area contributed by atoms with Crippen molar-refractivity contribution in [3.05, 3.63) is 522 Å². The van der Waals surface area contributed by atoms with Gasteiger partial charge in [0.15, 0.2) is 0 Å². The fraction of sp³-hybridized carbons (Fsp3) is 0. The standard InChI is InChI=1S/C48H30N2.C48H31NS.C42H25NS/c1-2-12-33(13-3-1)49-45-20-10-8-18-40(45)43-28-31(22-26-47(43)49)32-23-27-48-44(29-32)41-19-9-11-21-46(41)50(48)34-24-25-39-37-16-5-4-14-35(37)36-15-6-7-17-38(36)42(39)30-34;1-3-11-32(12-4-1)37-27-38(33-13-5-2-6-14-33)29-39(28-37)34-19-23-40(24-20-34)49-45-17-9-7-15-41(45)43-30-35(21-25-46(43)49)36-22-26-48-44(31-36)42-16-8-10-18-47(42)50-48;1-2-11-31-29(9-1)30-10-3-4-12-32(30)36-25-28(19-20-33(31)36)43-39-15-7-5-13-34(39)37-23-26(17-21-40(37)43)27-18-22-42-38(24-27)35-14-6-8-16-41(35)44-42/h1-30H;1-31H;1-25H. The van der Waals surface area contributed by atoms with Crippen LogP contribution in [-0.2, 0) is 0 Å². The molecule has 0 amide bonds. The third-order valence-corrected chi connectivity index (χ3v) is 32.3. The van der Waals surface area contributed by atoms with Gasteiger partial charge in [-0.3, -0.25) is 0 Å². The van der Waals surface area contributed by atoms with Crippen LogP contribution in [0.3, 0.4) is 0 Å². The minimum Gasteiger partial charge on any atom is -0.309 e. The lowest BCUT2D eigenvalue weighted by Gasteiger charge is -2.14. The zero-order chi connectivity index (χ0) is 94.6. The Kier molecular flexibility index (Phi) is 19.4. The van der Waals surface area contributed by atoms with E-state index in [0.29, 0.717) is 0 Å². The molecule has 0 saturated heterocycles. The summed E-state index contributed by atoms with van der Waals surface area (Å²) in [5, 5.41) is 31.0. The highest BCUT2D eigenvalue weighted by molar-refractivity contribution is 7.26. The van der Waals surface area contributed by atoms with Crippen molar-refractivity contribution in [2.24, 2.45) is 0 Å². The summed E-state index contributed by atoms with van der Waals surface area (Å²) in [4.78, 5) is 0. The fourth-order valence-corrected chi connectivity index (χ4v) is 25.5. The van der Waals surface area contributed by atoms with E-state index in [-0.39, 0.29) is 0 Å². The van der Waals surface area contributed by atoms with Crippen LogP contribution < -0.4 is 0 Å². The molecule has 31 rings (SSSR count). The number of aromatic nitrogens is 4. The van der Waals surface area contributed by atoms with Crippen molar-refractivity contribution in [1.29, 1.82) is 0 Å². The van der Waals surface area contributed by atoms with Crippen molar-refractivity contribution in [3.8, 4) is 89.5 Å². The summed E-state index contributed by atoms with van der Waals surface area (Å²) >= 11 is 3.74. The van der Waals surface area contributed by atoms with Crippen LogP contribution in [0.15, 0.2) is 522 Å². The quantitative estimate of drug-likeness (QED) is 0.122. The highest BCUT2D eigenvalue weighted by Crippen LogP contribution is 2.48. The second-order valence-electron chi connectivity index (χ2n) is 38.0. The summed E-state index contributed by atoms with van der Waals surface area (Å²) in [7, 11) is 0. The maximum absolute atomic E-state index is 2.44. The summed E-state index contributed by atoms with van der Waals surface area (Å²) in [5.41, 5.74) is 29.1. The van der Waals surface area contributed by atoms with E-state index in [1.807, 2.05) is 22.7 Å². The zero-order valence-electron chi connectivity index (χ0n) is 78.3. The van der Waals surface area contributed by atoms with Gasteiger partial charge in [0.1, 0.15) is 0 Å². The first kappa shape index (κ1) is 82.7. The van der Waals surface area contributed by atoms with E-state index in [2.05, 4.69) is 540 Å². The summed E-state index contributed by atoms with van der Waals surface area (Å²) in [6.45, 7) is 0. The number of hydrogen-bond donors (Lipinski definition) is 0. The van der Waals surface area contributed by atoms with Crippen molar-refractivity contribution in [2.75, 3.05) is 0 Å². The Bertz CT molecular complexity index is 10600. The molecule has 4 nitrogen and oxygen atoms in total. The maximum atomic E-state index is 2.44. The van der Waals surface area contributed by atoms with Crippen LogP contribution in [-0.4, -0.2) is 18.3 Å². The van der Waals surface area contributed by atoms with Crippen LogP contribution >= 0.6 is 22.7 Å².